The number of nitrogens with one attached hydrogen (secondary N) is 1. The lowest BCUT2D eigenvalue weighted by molar-refractivity contribution is -0.148. The summed E-state index contributed by atoms with van der Waals surface area (Å²) in [5, 5.41) is 12.7. The number of aliphatic carboxylic acids is 1. The molecule has 4 atom stereocenters. The van der Waals surface area contributed by atoms with Crippen molar-refractivity contribution in [1.82, 2.24) is 5.32 Å². The van der Waals surface area contributed by atoms with Gasteiger partial charge in [0, 0.05) is 18.5 Å². The number of ether oxygens (including phenoxy) is 1. The van der Waals surface area contributed by atoms with Crippen molar-refractivity contribution >= 4 is 11.9 Å². The van der Waals surface area contributed by atoms with Crippen LogP contribution >= 0.6 is 0 Å². The van der Waals surface area contributed by atoms with Crippen molar-refractivity contribution < 1.29 is 19.4 Å². The molecule has 2 saturated heterocycles. The van der Waals surface area contributed by atoms with E-state index in [4.69, 9.17) is 4.74 Å². The van der Waals surface area contributed by atoms with Crippen LogP contribution in [-0.2, 0) is 9.53 Å². The molecule has 3 rings (SSSR count). The summed E-state index contributed by atoms with van der Waals surface area (Å²) in [4.78, 5) is 23.5. The van der Waals surface area contributed by atoms with E-state index in [1.54, 1.807) is 24.3 Å². The SMILES string of the molecule is O=C(OC1CC2CC[C@@H](N2)C1C(=O)O)c1ccccc1. The predicted molar refractivity (Wildman–Crippen MR) is 71.3 cm³/mol. The first kappa shape index (κ1) is 13.1. The van der Waals surface area contributed by atoms with Crippen molar-refractivity contribution in [2.24, 2.45) is 5.92 Å². The summed E-state index contributed by atoms with van der Waals surface area (Å²) in [7, 11) is 0. The van der Waals surface area contributed by atoms with Gasteiger partial charge in [0.05, 0.1) is 5.56 Å². The largest absolute Gasteiger partial charge is 0.481 e. The zero-order valence-electron chi connectivity index (χ0n) is 11.0. The summed E-state index contributed by atoms with van der Waals surface area (Å²) in [6.07, 6.45) is 1.82. The molecule has 2 aliphatic rings. The highest BCUT2D eigenvalue weighted by atomic mass is 16.5. The van der Waals surface area contributed by atoms with E-state index in [9.17, 15) is 14.7 Å². The summed E-state index contributed by atoms with van der Waals surface area (Å²) < 4.78 is 5.47. The minimum Gasteiger partial charge on any atom is -0.481 e. The van der Waals surface area contributed by atoms with Gasteiger partial charge >= 0.3 is 11.9 Å². The zero-order valence-corrected chi connectivity index (χ0v) is 11.0. The first-order valence-electron chi connectivity index (χ1n) is 6.90. The highest BCUT2D eigenvalue weighted by Gasteiger charge is 2.47. The molecule has 20 heavy (non-hydrogen) atoms. The Morgan fingerprint density at radius 1 is 1.20 bits per heavy atom. The molecule has 0 spiro atoms. The number of fused-ring (bicyclic) bond motifs is 2. The Hall–Kier alpha value is -1.88. The lowest BCUT2D eigenvalue weighted by Crippen LogP contribution is -2.52. The molecule has 2 aliphatic heterocycles. The topological polar surface area (TPSA) is 75.6 Å². The third kappa shape index (κ3) is 2.41. The lowest BCUT2D eigenvalue weighted by atomic mass is 9.89. The van der Waals surface area contributed by atoms with Crippen LogP contribution in [0.3, 0.4) is 0 Å². The van der Waals surface area contributed by atoms with E-state index in [1.807, 2.05) is 6.07 Å². The van der Waals surface area contributed by atoms with Crippen LogP contribution in [0, 0.1) is 5.92 Å². The Balaban J connectivity index is 1.75. The van der Waals surface area contributed by atoms with Crippen LogP contribution in [-0.4, -0.2) is 35.2 Å². The van der Waals surface area contributed by atoms with Crippen LogP contribution in [0.25, 0.3) is 0 Å². The quantitative estimate of drug-likeness (QED) is 0.816. The van der Waals surface area contributed by atoms with Gasteiger partial charge in [0.15, 0.2) is 0 Å². The van der Waals surface area contributed by atoms with Gasteiger partial charge in [0.2, 0.25) is 0 Å². The molecule has 0 aromatic heterocycles. The zero-order chi connectivity index (χ0) is 14.1. The van der Waals surface area contributed by atoms with Crippen LogP contribution in [0.15, 0.2) is 30.3 Å². The second kappa shape index (κ2) is 5.25. The molecule has 3 unspecified atom stereocenters. The molecule has 5 heteroatoms. The van der Waals surface area contributed by atoms with Gasteiger partial charge in [0.1, 0.15) is 12.0 Å². The first-order chi connectivity index (χ1) is 9.65. The molecule has 0 saturated carbocycles. The third-order valence-electron chi connectivity index (χ3n) is 4.18. The molecule has 5 nitrogen and oxygen atoms in total. The van der Waals surface area contributed by atoms with Crippen LogP contribution in [0.4, 0.5) is 0 Å². The smallest absolute Gasteiger partial charge is 0.338 e. The standard InChI is InChI=1S/C15H17NO4/c17-14(18)13-11-7-6-10(16-11)8-12(13)20-15(19)9-4-2-1-3-5-9/h1-5,10-13,16H,6-8H2,(H,17,18)/t10?,11-,12?,13?/m1/s1. The maximum absolute atomic E-state index is 12.1. The number of carbonyl (C=O) groups excluding carboxylic acids is 1. The minimum atomic E-state index is -0.895. The Morgan fingerprint density at radius 3 is 2.65 bits per heavy atom. The normalized spacial score (nSPS) is 31.8. The number of hydrogen-bond donors (Lipinski definition) is 2. The van der Waals surface area contributed by atoms with Gasteiger partial charge in [-0.1, -0.05) is 18.2 Å². The highest BCUT2D eigenvalue weighted by molar-refractivity contribution is 5.89. The number of benzene rings is 1. The molecule has 0 radical (unpaired) electrons. The fourth-order valence-corrected chi connectivity index (χ4v) is 3.24. The fraction of sp³-hybridized carbons (Fsp3) is 0.467. The molecule has 0 amide bonds. The highest BCUT2D eigenvalue weighted by Crippen LogP contribution is 2.34. The molecular weight excluding hydrogens is 258 g/mol. The van der Waals surface area contributed by atoms with Crippen LogP contribution in [0.5, 0.6) is 0 Å². The molecule has 0 aliphatic carbocycles. The lowest BCUT2D eigenvalue weighted by Gasteiger charge is -2.34. The number of carbonyl (C=O) groups is 2. The van der Waals surface area contributed by atoms with Crippen molar-refractivity contribution in [1.29, 1.82) is 0 Å². The Labute approximate surface area is 116 Å². The molecule has 1 aromatic rings. The molecule has 1 aromatic carbocycles. The Morgan fingerprint density at radius 2 is 1.95 bits per heavy atom. The van der Waals surface area contributed by atoms with E-state index in [0.717, 1.165) is 12.8 Å². The molecule has 2 N–H and O–H groups in total. The van der Waals surface area contributed by atoms with E-state index >= 15 is 0 Å². The van der Waals surface area contributed by atoms with Crippen molar-refractivity contribution in [3.8, 4) is 0 Å². The molecule has 2 fully saturated rings. The van der Waals surface area contributed by atoms with Crippen LogP contribution < -0.4 is 5.32 Å². The Kier molecular flexibility index (Phi) is 3.44. The summed E-state index contributed by atoms with van der Waals surface area (Å²) in [5.41, 5.74) is 0.461. The Bertz CT molecular complexity index is 516. The van der Waals surface area contributed by atoms with E-state index in [1.165, 1.54) is 0 Å². The molecular formula is C15H17NO4. The van der Waals surface area contributed by atoms with E-state index in [0.29, 0.717) is 12.0 Å². The first-order valence-corrected chi connectivity index (χ1v) is 6.90. The second-order valence-electron chi connectivity index (χ2n) is 5.46. The van der Waals surface area contributed by atoms with Crippen LogP contribution in [0.1, 0.15) is 29.6 Å². The van der Waals surface area contributed by atoms with Gasteiger partial charge in [-0.05, 0) is 25.0 Å². The number of rotatable bonds is 3. The number of carboxylic acids is 1. The summed E-state index contributed by atoms with van der Waals surface area (Å²) in [6.45, 7) is 0. The van der Waals surface area contributed by atoms with Gasteiger partial charge < -0.3 is 15.2 Å². The fourth-order valence-electron chi connectivity index (χ4n) is 3.24. The molecule has 2 heterocycles. The van der Waals surface area contributed by atoms with Gasteiger partial charge in [-0.15, -0.1) is 0 Å². The number of carboxylic acid groups (broad SMARTS) is 1. The number of piperidine rings is 1. The third-order valence-corrected chi connectivity index (χ3v) is 4.18. The van der Waals surface area contributed by atoms with Crippen molar-refractivity contribution in [3.63, 3.8) is 0 Å². The van der Waals surface area contributed by atoms with Gasteiger partial charge in [-0.3, -0.25) is 4.79 Å². The second-order valence-corrected chi connectivity index (χ2v) is 5.46. The predicted octanol–water partition coefficient (Wildman–Crippen LogP) is 1.44. The van der Waals surface area contributed by atoms with E-state index in [2.05, 4.69) is 5.32 Å². The average Bonchev–Trinajstić information content (AvgIpc) is 2.81. The average molecular weight is 275 g/mol. The summed E-state index contributed by atoms with van der Waals surface area (Å²) >= 11 is 0. The minimum absolute atomic E-state index is 0.0835. The molecule has 106 valence electrons. The van der Waals surface area contributed by atoms with Crippen molar-refractivity contribution in [2.45, 2.75) is 37.5 Å². The summed E-state index contributed by atoms with van der Waals surface area (Å²) in [6, 6.07) is 8.88. The summed E-state index contributed by atoms with van der Waals surface area (Å²) in [5.74, 6) is -1.99. The maximum atomic E-state index is 12.1. The van der Waals surface area contributed by atoms with E-state index in [-0.39, 0.29) is 12.1 Å². The number of hydrogen-bond acceptors (Lipinski definition) is 4. The van der Waals surface area contributed by atoms with Crippen LogP contribution in [0.2, 0.25) is 0 Å². The monoisotopic (exact) mass is 275 g/mol. The van der Waals surface area contributed by atoms with Gasteiger partial charge in [0.25, 0.3) is 0 Å². The van der Waals surface area contributed by atoms with Gasteiger partial charge in [-0.25, -0.2) is 4.79 Å². The maximum Gasteiger partial charge on any atom is 0.338 e. The van der Waals surface area contributed by atoms with Crippen molar-refractivity contribution in [2.75, 3.05) is 0 Å². The van der Waals surface area contributed by atoms with Crippen molar-refractivity contribution in [3.05, 3.63) is 35.9 Å². The van der Waals surface area contributed by atoms with Gasteiger partial charge in [-0.2, -0.15) is 0 Å². The molecule has 2 bridgehead atoms. The number of esters is 1. The van der Waals surface area contributed by atoms with E-state index < -0.39 is 24.0 Å².